The minimum Gasteiger partial charge on any atom is -0.381 e. The SMILES string of the molecule is CC1(C)Cc2nc(CC3CCOC3)sc2C(N)C1. The summed E-state index contributed by atoms with van der Waals surface area (Å²) in [6.45, 7) is 6.41. The molecule has 18 heavy (non-hydrogen) atoms. The Morgan fingerprint density at radius 3 is 3.06 bits per heavy atom. The van der Waals surface area contributed by atoms with Crippen LogP contribution >= 0.6 is 11.3 Å². The summed E-state index contributed by atoms with van der Waals surface area (Å²) in [5.74, 6) is 0.668. The van der Waals surface area contributed by atoms with Crippen LogP contribution in [0.25, 0.3) is 0 Å². The lowest BCUT2D eigenvalue weighted by atomic mass is 9.77. The molecule has 1 aromatic heterocycles. The number of nitrogens with two attached hydrogens (primary N) is 1. The van der Waals surface area contributed by atoms with Crippen LogP contribution in [-0.2, 0) is 17.6 Å². The molecule has 2 unspecified atom stereocenters. The molecule has 1 aliphatic heterocycles. The monoisotopic (exact) mass is 266 g/mol. The van der Waals surface area contributed by atoms with Gasteiger partial charge in [-0.15, -0.1) is 11.3 Å². The van der Waals surface area contributed by atoms with E-state index in [2.05, 4.69) is 13.8 Å². The summed E-state index contributed by atoms with van der Waals surface area (Å²) >= 11 is 1.84. The zero-order valence-electron chi connectivity index (χ0n) is 11.2. The van der Waals surface area contributed by atoms with Crippen molar-refractivity contribution in [2.45, 2.75) is 45.6 Å². The van der Waals surface area contributed by atoms with Gasteiger partial charge in [0.05, 0.1) is 10.7 Å². The number of nitrogens with zero attached hydrogens (tertiary/aromatic N) is 1. The highest BCUT2D eigenvalue weighted by Gasteiger charge is 2.33. The average molecular weight is 266 g/mol. The average Bonchev–Trinajstić information content (AvgIpc) is 2.86. The fourth-order valence-corrected chi connectivity index (χ4v) is 4.32. The Morgan fingerprint density at radius 1 is 1.50 bits per heavy atom. The van der Waals surface area contributed by atoms with Gasteiger partial charge < -0.3 is 10.5 Å². The summed E-state index contributed by atoms with van der Waals surface area (Å²) in [5, 5.41) is 1.27. The Bertz CT molecular complexity index is 435. The van der Waals surface area contributed by atoms with Gasteiger partial charge in [0.1, 0.15) is 0 Å². The molecule has 0 bridgehead atoms. The number of thiazole rings is 1. The first-order chi connectivity index (χ1) is 8.53. The van der Waals surface area contributed by atoms with Crippen molar-refractivity contribution < 1.29 is 4.74 Å². The van der Waals surface area contributed by atoms with Crippen molar-refractivity contribution in [3.05, 3.63) is 15.6 Å². The molecule has 1 aromatic rings. The molecule has 2 heterocycles. The van der Waals surface area contributed by atoms with Gasteiger partial charge >= 0.3 is 0 Å². The Kier molecular flexibility index (Phi) is 3.20. The molecule has 100 valence electrons. The van der Waals surface area contributed by atoms with Gasteiger partial charge in [-0.1, -0.05) is 13.8 Å². The number of hydrogen-bond acceptors (Lipinski definition) is 4. The summed E-state index contributed by atoms with van der Waals surface area (Å²) < 4.78 is 5.44. The maximum atomic E-state index is 6.29. The normalized spacial score (nSPS) is 30.4. The molecule has 0 saturated carbocycles. The highest BCUT2D eigenvalue weighted by molar-refractivity contribution is 7.11. The first-order valence-corrected chi connectivity index (χ1v) is 7.67. The van der Waals surface area contributed by atoms with Crippen LogP contribution in [0.4, 0.5) is 0 Å². The van der Waals surface area contributed by atoms with Crippen molar-refractivity contribution in [3.63, 3.8) is 0 Å². The first-order valence-electron chi connectivity index (χ1n) is 6.85. The summed E-state index contributed by atoms with van der Waals surface area (Å²) in [4.78, 5) is 6.18. The number of ether oxygens (including phenoxy) is 1. The fraction of sp³-hybridized carbons (Fsp3) is 0.786. The lowest BCUT2D eigenvalue weighted by molar-refractivity contribution is 0.186. The van der Waals surface area contributed by atoms with Crippen molar-refractivity contribution in [3.8, 4) is 0 Å². The third-order valence-corrected chi connectivity index (χ3v) is 5.27. The molecular weight excluding hydrogens is 244 g/mol. The van der Waals surface area contributed by atoms with Gasteiger partial charge in [0.15, 0.2) is 0 Å². The van der Waals surface area contributed by atoms with Crippen molar-refractivity contribution >= 4 is 11.3 Å². The van der Waals surface area contributed by atoms with Gasteiger partial charge in [-0.3, -0.25) is 0 Å². The molecule has 2 atom stereocenters. The summed E-state index contributed by atoms with van der Waals surface area (Å²) in [7, 11) is 0. The Balaban J connectivity index is 1.79. The van der Waals surface area contributed by atoms with Crippen molar-refractivity contribution in [1.82, 2.24) is 4.98 Å². The third kappa shape index (κ3) is 2.46. The second-order valence-electron chi connectivity index (χ2n) is 6.50. The van der Waals surface area contributed by atoms with Gasteiger partial charge in [0, 0.05) is 30.6 Å². The molecule has 1 saturated heterocycles. The highest BCUT2D eigenvalue weighted by Crippen LogP contribution is 2.42. The van der Waals surface area contributed by atoms with E-state index in [0.29, 0.717) is 11.3 Å². The van der Waals surface area contributed by atoms with Crippen LogP contribution in [0.3, 0.4) is 0 Å². The summed E-state index contributed by atoms with van der Waals surface area (Å²) in [5.41, 5.74) is 7.85. The molecule has 0 amide bonds. The second-order valence-corrected chi connectivity index (χ2v) is 7.62. The topological polar surface area (TPSA) is 48.1 Å². The second kappa shape index (κ2) is 4.58. The lowest BCUT2D eigenvalue weighted by Crippen LogP contribution is -2.28. The van der Waals surface area contributed by atoms with Crippen LogP contribution in [-0.4, -0.2) is 18.2 Å². The van der Waals surface area contributed by atoms with Crippen molar-refractivity contribution in [2.75, 3.05) is 13.2 Å². The van der Waals surface area contributed by atoms with E-state index in [1.165, 1.54) is 22.0 Å². The number of hydrogen-bond donors (Lipinski definition) is 1. The van der Waals surface area contributed by atoms with Gasteiger partial charge in [0.2, 0.25) is 0 Å². The van der Waals surface area contributed by atoms with E-state index in [-0.39, 0.29) is 6.04 Å². The molecular formula is C14H22N2OS. The highest BCUT2D eigenvalue weighted by atomic mass is 32.1. The van der Waals surface area contributed by atoms with E-state index in [9.17, 15) is 0 Å². The van der Waals surface area contributed by atoms with Gasteiger partial charge in [-0.2, -0.15) is 0 Å². The maximum Gasteiger partial charge on any atom is 0.0935 e. The van der Waals surface area contributed by atoms with Crippen LogP contribution in [0, 0.1) is 11.3 Å². The molecule has 2 N–H and O–H groups in total. The first kappa shape index (κ1) is 12.6. The maximum absolute atomic E-state index is 6.29. The smallest absolute Gasteiger partial charge is 0.0935 e. The molecule has 0 radical (unpaired) electrons. The lowest BCUT2D eigenvalue weighted by Gasteiger charge is -2.32. The standard InChI is InChI=1S/C14H22N2OS/c1-14(2)6-10(15)13-11(7-14)16-12(18-13)5-9-3-4-17-8-9/h9-10H,3-8,15H2,1-2H3. The molecule has 3 nitrogen and oxygen atoms in total. The molecule has 1 aliphatic carbocycles. The van der Waals surface area contributed by atoms with E-state index in [1.807, 2.05) is 11.3 Å². The van der Waals surface area contributed by atoms with Crippen molar-refractivity contribution in [1.29, 1.82) is 0 Å². The predicted molar refractivity (Wildman–Crippen MR) is 73.8 cm³/mol. The number of fused-ring (bicyclic) bond motifs is 1. The molecule has 2 aliphatic rings. The van der Waals surface area contributed by atoms with Crippen LogP contribution in [0.2, 0.25) is 0 Å². The van der Waals surface area contributed by atoms with Crippen molar-refractivity contribution in [2.24, 2.45) is 17.1 Å². The van der Waals surface area contributed by atoms with E-state index in [1.54, 1.807) is 0 Å². The van der Waals surface area contributed by atoms with E-state index < -0.39 is 0 Å². The Labute approximate surface area is 113 Å². The van der Waals surface area contributed by atoms with Crippen LogP contribution in [0.1, 0.15) is 48.3 Å². The fourth-order valence-electron chi connectivity index (χ4n) is 3.12. The number of aromatic nitrogens is 1. The largest absolute Gasteiger partial charge is 0.381 e. The van der Waals surface area contributed by atoms with Gasteiger partial charge in [0.25, 0.3) is 0 Å². The quantitative estimate of drug-likeness (QED) is 0.895. The third-order valence-electron chi connectivity index (χ3n) is 4.01. The molecule has 3 rings (SSSR count). The Morgan fingerprint density at radius 2 is 2.33 bits per heavy atom. The van der Waals surface area contributed by atoms with Crippen LogP contribution < -0.4 is 5.73 Å². The zero-order valence-corrected chi connectivity index (χ0v) is 12.1. The number of rotatable bonds is 2. The van der Waals surface area contributed by atoms with E-state index in [0.717, 1.165) is 32.5 Å². The molecule has 1 fully saturated rings. The van der Waals surface area contributed by atoms with Crippen LogP contribution in [0.15, 0.2) is 0 Å². The summed E-state index contributed by atoms with van der Waals surface area (Å²) in [6, 6.07) is 0.190. The van der Waals surface area contributed by atoms with E-state index >= 15 is 0 Å². The van der Waals surface area contributed by atoms with E-state index in [4.69, 9.17) is 15.5 Å². The van der Waals surface area contributed by atoms with Crippen LogP contribution in [0.5, 0.6) is 0 Å². The van der Waals surface area contributed by atoms with Gasteiger partial charge in [-0.05, 0) is 30.6 Å². The minimum atomic E-state index is 0.190. The minimum absolute atomic E-state index is 0.190. The molecule has 4 heteroatoms. The Hall–Kier alpha value is -0.450. The predicted octanol–water partition coefficient (Wildman–Crippen LogP) is 2.69. The zero-order chi connectivity index (χ0) is 12.8. The van der Waals surface area contributed by atoms with Gasteiger partial charge in [-0.25, -0.2) is 4.98 Å². The molecule has 0 aromatic carbocycles. The summed E-state index contributed by atoms with van der Waals surface area (Å²) in [6.07, 6.45) is 4.41. The molecule has 0 spiro atoms.